The van der Waals surface area contributed by atoms with E-state index >= 15 is 0 Å². The third kappa shape index (κ3) is 6.36. The van der Waals surface area contributed by atoms with Crippen molar-refractivity contribution < 1.29 is 18.7 Å². The second-order valence-corrected chi connectivity index (χ2v) is 9.83. The van der Waals surface area contributed by atoms with Crippen LogP contribution in [0.4, 0.5) is 8.78 Å². The molecule has 1 saturated carbocycles. The fourth-order valence-electron chi connectivity index (χ4n) is 5.20. The Kier molecular flexibility index (Phi) is 8.16. The summed E-state index contributed by atoms with van der Waals surface area (Å²) in [4.78, 5) is 11.8. The molecule has 1 amide bonds. The molecule has 1 aliphatic carbocycles. The molecule has 1 fully saturated rings. The predicted octanol–water partition coefficient (Wildman–Crippen LogP) is 4.32. The summed E-state index contributed by atoms with van der Waals surface area (Å²) in [5.74, 6) is -1.69. The van der Waals surface area contributed by atoms with Crippen molar-refractivity contribution in [3.63, 3.8) is 0 Å². The second-order valence-electron chi connectivity index (χ2n) is 9.83. The molecule has 1 aromatic heterocycles. The highest BCUT2D eigenvalue weighted by Crippen LogP contribution is 2.38. The Labute approximate surface area is 210 Å². The van der Waals surface area contributed by atoms with Gasteiger partial charge in [0.1, 0.15) is 11.6 Å². The molecule has 3 aromatic rings. The number of carbonyl (C=O) groups is 1. The molecule has 0 saturated heterocycles. The van der Waals surface area contributed by atoms with Crippen molar-refractivity contribution in [2.24, 2.45) is 0 Å². The first-order valence-electron chi connectivity index (χ1n) is 12.5. The van der Waals surface area contributed by atoms with Crippen LogP contribution in [0.1, 0.15) is 55.8 Å². The van der Waals surface area contributed by atoms with Gasteiger partial charge in [-0.15, -0.1) is 0 Å². The molecule has 0 spiro atoms. The zero-order valence-electron chi connectivity index (χ0n) is 20.8. The Morgan fingerprint density at radius 3 is 2.47 bits per heavy atom. The Bertz CT molecular complexity index is 1170. The number of nitrogens with one attached hydrogen (secondary N) is 2. The fourth-order valence-corrected chi connectivity index (χ4v) is 5.20. The van der Waals surface area contributed by atoms with Crippen molar-refractivity contribution in [1.82, 2.24) is 20.4 Å². The second kappa shape index (κ2) is 11.3. The molecule has 0 radical (unpaired) electrons. The van der Waals surface area contributed by atoms with E-state index in [1.807, 2.05) is 36.0 Å². The van der Waals surface area contributed by atoms with Gasteiger partial charge in [0.25, 0.3) is 0 Å². The van der Waals surface area contributed by atoms with Crippen LogP contribution in [0.3, 0.4) is 0 Å². The molecule has 36 heavy (non-hydrogen) atoms. The van der Waals surface area contributed by atoms with Crippen LogP contribution in [0.25, 0.3) is 5.69 Å². The average Bonchev–Trinajstić information content (AvgIpc) is 3.28. The number of aliphatic hydroxyl groups excluding tert-OH is 1. The van der Waals surface area contributed by atoms with Gasteiger partial charge in [-0.1, -0.05) is 31.4 Å². The number of aliphatic hydroxyl groups is 1. The summed E-state index contributed by atoms with van der Waals surface area (Å²) in [5, 5.41) is 22.0. The Morgan fingerprint density at radius 2 is 1.83 bits per heavy atom. The van der Waals surface area contributed by atoms with Crippen LogP contribution in [0.5, 0.6) is 0 Å². The summed E-state index contributed by atoms with van der Waals surface area (Å²) in [6.45, 7) is 3.54. The van der Waals surface area contributed by atoms with Crippen LogP contribution < -0.4 is 10.6 Å². The summed E-state index contributed by atoms with van der Waals surface area (Å²) in [7, 11) is 0. The maximum atomic E-state index is 13.7. The Hall–Kier alpha value is -3.10. The molecular formula is C28H34F2N4O2. The highest BCUT2D eigenvalue weighted by molar-refractivity contribution is 5.73. The molecule has 0 bridgehead atoms. The monoisotopic (exact) mass is 496 g/mol. The van der Waals surface area contributed by atoms with E-state index in [4.69, 9.17) is 0 Å². The Balaban J connectivity index is 1.54. The van der Waals surface area contributed by atoms with Crippen LogP contribution in [-0.2, 0) is 16.8 Å². The maximum absolute atomic E-state index is 13.7. The van der Waals surface area contributed by atoms with Crippen LogP contribution in [0.2, 0.25) is 0 Å². The average molecular weight is 497 g/mol. The van der Waals surface area contributed by atoms with E-state index in [2.05, 4.69) is 27.9 Å². The van der Waals surface area contributed by atoms with Gasteiger partial charge in [0.15, 0.2) is 0 Å². The van der Waals surface area contributed by atoms with Gasteiger partial charge in [-0.05, 0) is 67.6 Å². The first-order valence-corrected chi connectivity index (χ1v) is 12.5. The molecule has 2 aromatic carbocycles. The maximum Gasteiger partial charge on any atom is 0.217 e. The van der Waals surface area contributed by atoms with Gasteiger partial charge in [-0.2, -0.15) is 5.10 Å². The van der Waals surface area contributed by atoms with Gasteiger partial charge in [0, 0.05) is 31.3 Å². The SMILES string of the molecule is CC(=O)NC(Cc1cc(F)cc(F)c1)C(O)CNC1(c2cccc(-n3ccc(C)n3)c2)CCCCC1. The number of rotatable bonds is 9. The number of halogens is 2. The molecule has 3 N–H and O–H groups in total. The number of nitrogens with zero attached hydrogens (tertiary/aromatic N) is 2. The number of hydrogen-bond acceptors (Lipinski definition) is 4. The highest BCUT2D eigenvalue weighted by Gasteiger charge is 2.35. The lowest BCUT2D eigenvalue weighted by molar-refractivity contribution is -0.120. The zero-order chi connectivity index (χ0) is 25.7. The van der Waals surface area contributed by atoms with Crippen molar-refractivity contribution in [2.75, 3.05) is 6.54 Å². The van der Waals surface area contributed by atoms with Crippen molar-refractivity contribution in [3.8, 4) is 5.69 Å². The molecule has 192 valence electrons. The normalized spacial score (nSPS) is 16.9. The van der Waals surface area contributed by atoms with Gasteiger partial charge < -0.3 is 15.7 Å². The van der Waals surface area contributed by atoms with Gasteiger partial charge in [0.05, 0.1) is 23.5 Å². The van der Waals surface area contributed by atoms with E-state index in [0.29, 0.717) is 5.56 Å². The lowest BCUT2D eigenvalue weighted by Gasteiger charge is -2.40. The summed E-state index contributed by atoms with van der Waals surface area (Å²) in [6.07, 6.45) is 6.20. The van der Waals surface area contributed by atoms with Crippen molar-refractivity contribution in [1.29, 1.82) is 0 Å². The van der Waals surface area contributed by atoms with Gasteiger partial charge >= 0.3 is 0 Å². The minimum Gasteiger partial charge on any atom is -0.390 e. The smallest absolute Gasteiger partial charge is 0.217 e. The van der Waals surface area contributed by atoms with Crippen molar-refractivity contribution in [3.05, 3.63) is 83.2 Å². The molecule has 6 nitrogen and oxygen atoms in total. The lowest BCUT2D eigenvalue weighted by atomic mass is 9.76. The van der Waals surface area contributed by atoms with E-state index in [0.717, 1.165) is 55.1 Å². The van der Waals surface area contributed by atoms with Gasteiger partial charge in [0.2, 0.25) is 5.91 Å². The minimum absolute atomic E-state index is 0.109. The third-order valence-corrected chi connectivity index (χ3v) is 6.97. The molecular weight excluding hydrogens is 462 g/mol. The van der Waals surface area contributed by atoms with Crippen molar-refractivity contribution in [2.45, 2.75) is 70.1 Å². The number of carbonyl (C=O) groups excluding carboxylic acids is 1. The predicted molar refractivity (Wildman–Crippen MR) is 135 cm³/mol. The van der Waals surface area contributed by atoms with Crippen LogP contribution in [-0.4, -0.2) is 39.5 Å². The van der Waals surface area contributed by atoms with Crippen molar-refractivity contribution >= 4 is 5.91 Å². The summed E-state index contributed by atoms with van der Waals surface area (Å²) in [5.41, 5.74) is 3.08. The summed E-state index contributed by atoms with van der Waals surface area (Å²) in [6, 6.07) is 12.8. The van der Waals surface area contributed by atoms with E-state index in [1.54, 1.807) is 0 Å². The highest BCUT2D eigenvalue weighted by atomic mass is 19.1. The molecule has 4 rings (SSSR count). The molecule has 2 unspecified atom stereocenters. The van der Waals surface area contributed by atoms with Crippen LogP contribution >= 0.6 is 0 Å². The number of benzene rings is 2. The molecule has 1 heterocycles. The third-order valence-electron chi connectivity index (χ3n) is 6.97. The first kappa shape index (κ1) is 26.0. The van der Waals surface area contributed by atoms with Crippen LogP contribution in [0, 0.1) is 18.6 Å². The number of amides is 1. The molecule has 8 heteroatoms. The topological polar surface area (TPSA) is 79.2 Å². The van der Waals surface area contributed by atoms with Crippen LogP contribution in [0.15, 0.2) is 54.7 Å². The Morgan fingerprint density at radius 1 is 1.11 bits per heavy atom. The van der Waals surface area contributed by atoms with Gasteiger partial charge in [-0.3, -0.25) is 4.79 Å². The van der Waals surface area contributed by atoms with E-state index in [-0.39, 0.29) is 24.4 Å². The van der Waals surface area contributed by atoms with E-state index in [1.165, 1.54) is 19.1 Å². The van der Waals surface area contributed by atoms with E-state index in [9.17, 15) is 18.7 Å². The van der Waals surface area contributed by atoms with Gasteiger partial charge in [-0.25, -0.2) is 13.5 Å². The number of aromatic nitrogens is 2. The molecule has 2 atom stereocenters. The first-order chi connectivity index (χ1) is 17.2. The lowest BCUT2D eigenvalue weighted by Crippen LogP contribution is -2.53. The number of aryl methyl sites for hydroxylation is 1. The van der Waals surface area contributed by atoms with E-state index < -0.39 is 23.8 Å². The zero-order valence-corrected chi connectivity index (χ0v) is 20.8. The quantitative estimate of drug-likeness (QED) is 0.412. The standard InChI is InChI=1S/C28H34F2N4O2/c1-19-9-12-34(33-19)25-8-6-7-22(16-25)28(10-4-3-5-11-28)31-18-27(36)26(32-20(2)35)15-21-13-23(29)17-24(30)14-21/h6-9,12-14,16-17,26-27,31,36H,3-5,10-11,15,18H2,1-2H3,(H,32,35). The fraction of sp³-hybridized carbons (Fsp3) is 0.429. The molecule has 0 aliphatic heterocycles. The number of hydrogen-bond donors (Lipinski definition) is 3. The molecule has 1 aliphatic rings. The minimum atomic E-state index is -0.962. The summed E-state index contributed by atoms with van der Waals surface area (Å²) >= 11 is 0. The summed E-state index contributed by atoms with van der Waals surface area (Å²) < 4.78 is 29.3. The largest absolute Gasteiger partial charge is 0.390 e.